The number of nitrogen functional groups attached to an aromatic ring is 1. The number of hydrogen-bond acceptors (Lipinski definition) is 5. The van der Waals surface area contributed by atoms with Crippen LogP contribution in [0.25, 0.3) is 11.0 Å². The number of pyridine rings is 1. The Labute approximate surface area is 113 Å². The van der Waals surface area contributed by atoms with Crippen LogP contribution in [0, 0.1) is 5.92 Å². The van der Waals surface area contributed by atoms with E-state index in [0.717, 1.165) is 17.6 Å². The van der Waals surface area contributed by atoms with Gasteiger partial charge in [0.25, 0.3) is 0 Å². The van der Waals surface area contributed by atoms with E-state index >= 15 is 0 Å². The lowest BCUT2D eigenvalue weighted by molar-refractivity contribution is 0.428. The van der Waals surface area contributed by atoms with Crippen molar-refractivity contribution in [2.45, 2.75) is 39.7 Å². The van der Waals surface area contributed by atoms with Gasteiger partial charge in [0.15, 0.2) is 5.65 Å². The van der Waals surface area contributed by atoms with Crippen LogP contribution in [0.4, 0.5) is 11.5 Å². The van der Waals surface area contributed by atoms with E-state index in [1.807, 2.05) is 6.07 Å². The highest BCUT2D eigenvalue weighted by Crippen LogP contribution is 2.25. The van der Waals surface area contributed by atoms with Crippen molar-refractivity contribution >= 4 is 22.5 Å². The zero-order valence-corrected chi connectivity index (χ0v) is 11.9. The molecular formula is C14H21N5. The van der Waals surface area contributed by atoms with E-state index in [-0.39, 0.29) is 5.54 Å². The first-order valence-electron chi connectivity index (χ1n) is 6.52. The molecule has 0 aromatic carbocycles. The number of fused-ring (bicyclic) bond motifs is 1. The highest BCUT2D eigenvalue weighted by atomic mass is 15.1. The summed E-state index contributed by atoms with van der Waals surface area (Å²) in [5.41, 5.74) is 7.03. The number of aromatic nitrogens is 3. The lowest BCUT2D eigenvalue weighted by Gasteiger charge is -2.29. The molecule has 0 spiro atoms. The van der Waals surface area contributed by atoms with Gasteiger partial charge in [-0.05, 0) is 32.3 Å². The van der Waals surface area contributed by atoms with E-state index in [1.165, 1.54) is 6.33 Å². The fourth-order valence-corrected chi connectivity index (χ4v) is 2.45. The first kappa shape index (κ1) is 13.5. The van der Waals surface area contributed by atoms with Crippen LogP contribution in [0.3, 0.4) is 0 Å². The summed E-state index contributed by atoms with van der Waals surface area (Å²) in [7, 11) is 0. The van der Waals surface area contributed by atoms with Gasteiger partial charge in [0, 0.05) is 5.54 Å². The minimum atomic E-state index is -0.0416. The maximum Gasteiger partial charge on any atom is 0.164 e. The molecular weight excluding hydrogens is 238 g/mol. The van der Waals surface area contributed by atoms with Gasteiger partial charge >= 0.3 is 0 Å². The Bertz CT molecular complexity index is 577. The Balaban J connectivity index is 2.37. The summed E-state index contributed by atoms with van der Waals surface area (Å²) in [5, 5.41) is 4.33. The van der Waals surface area contributed by atoms with Crippen LogP contribution in [0.1, 0.15) is 34.1 Å². The van der Waals surface area contributed by atoms with Crippen molar-refractivity contribution in [1.29, 1.82) is 0 Å². The molecule has 0 saturated heterocycles. The van der Waals surface area contributed by atoms with Crippen LogP contribution in [0.5, 0.6) is 0 Å². The average Bonchev–Trinajstić information content (AvgIpc) is 2.27. The second kappa shape index (κ2) is 4.99. The maximum atomic E-state index is 5.79. The maximum absolute atomic E-state index is 5.79. The van der Waals surface area contributed by atoms with E-state index in [2.05, 4.69) is 48.0 Å². The van der Waals surface area contributed by atoms with Crippen molar-refractivity contribution in [3.05, 3.63) is 18.6 Å². The zero-order chi connectivity index (χ0) is 14.0. The van der Waals surface area contributed by atoms with Crippen molar-refractivity contribution in [3.63, 3.8) is 0 Å². The fraction of sp³-hybridized carbons (Fsp3) is 0.500. The quantitative estimate of drug-likeness (QED) is 0.883. The second-order valence-electron chi connectivity index (χ2n) is 5.97. The van der Waals surface area contributed by atoms with Crippen LogP contribution in [0.15, 0.2) is 18.6 Å². The molecule has 0 aliphatic carbocycles. The molecule has 2 heterocycles. The van der Waals surface area contributed by atoms with Crippen molar-refractivity contribution in [1.82, 2.24) is 15.0 Å². The first-order valence-corrected chi connectivity index (χ1v) is 6.52. The predicted molar refractivity (Wildman–Crippen MR) is 78.9 cm³/mol. The van der Waals surface area contributed by atoms with E-state index in [1.54, 1.807) is 6.20 Å². The molecule has 0 aliphatic heterocycles. The largest absolute Gasteiger partial charge is 0.397 e. The van der Waals surface area contributed by atoms with Gasteiger partial charge < -0.3 is 11.1 Å². The summed E-state index contributed by atoms with van der Waals surface area (Å²) in [6.45, 7) is 8.75. The molecule has 0 saturated carbocycles. The zero-order valence-electron chi connectivity index (χ0n) is 11.9. The number of nitrogens with zero attached hydrogens (tertiary/aromatic N) is 3. The van der Waals surface area contributed by atoms with Gasteiger partial charge in [-0.1, -0.05) is 13.8 Å². The Hall–Kier alpha value is -1.91. The van der Waals surface area contributed by atoms with Crippen molar-refractivity contribution in [2.75, 3.05) is 11.1 Å². The second-order valence-corrected chi connectivity index (χ2v) is 5.97. The molecule has 0 unspecified atom stereocenters. The summed E-state index contributed by atoms with van der Waals surface area (Å²) in [6, 6.07) is 1.86. The summed E-state index contributed by atoms with van der Waals surface area (Å²) in [6.07, 6.45) is 4.19. The molecule has 2 aromatic heterocycles. The SMILES string of the molecule is CC(C)CC(C)(C)Nc1ncnc2ncc(N)cc12. The number of rotatable bonds is 4. The first-order chi connectivity index (χ1) is 8.87. The van der Waals surface area contributed by atoms with Gasteiger partial charge in [0.05, 0.1) is 17.3 Å². The third-order valence-electron chi connectivity index (χ3n) is 2.89. The standard InChI is InChI=1S/C14H21N5/c1-9(2)6-14(3,4)19-13-11-5-10(15)7-16-12(11)17-8-18-13/h5,7-9H,6,15H2,1-4H3,(H,16,17,18,19). The molecule has 2 aromatic rings. The number of anilines is 2. The number of hydrogen-bond donors (Lipinski definition) is 2. The Kier molecular flexibility index (Phi) is 3.55. The molecule has 0 atom stereocenters. The molecule has 0 amide bonds. The van der Waals surface area contributed by atoms with E-state index in [9.17, 15) is 0 Å². The highest BCUT2D eigenvalue weighted by molar-refractivity contribution is 5.88. The Morgan fingerprint density at radius 2 is 2.00 bits per heavy atom. The number of nitrogens with two attached hydrogens (primary N) is 1. The predicted octanol–water partition coefficient (Wildman–Crippen LogP) is 2.84. The van der Waals surface area contributed by atoms with E-state index in [0.29, 0.717) is 17.3 Å². The molecule has 0 bridgehead atoms. The summed E-state index contributed by atoms with van der Waals surface area (Å²) in [5.74, 6) is 1.40. The fourth-order valence-electron chi connectivity index (χ4n) is 2.45. The monoisotopic (exact) mass is 259 g/mol. The number of nitrogens with one attached hydrogen (secondary N) is 1. The summed E-state index contributed by atoms with van der Waals surface area (Å²) >= 11 is 0. The van der Waals surface area contributed by atoms with Gasteiger partial charge in [-0.2, -0.15) is 0 Å². The van der Waals surface area contributed by atoms with Crippen molar-refractivity contribution < 1.29 is 0 Å². The molecule has 19 heavy (non-hydrogen) atoms. The Morgan fingerprint density at radius 1 is 1.26 bits per heavy atom. The topological polar surface area (TPSA) is 76.7 Å². The smallest absolute Gasteiger partial charge is 0.164 e. The molecule has 5 nitrogen and oxygen atoms in total. The minimum Gasteiger partial charge on any atom is -0.397 e. The van der Waals surface area contributed by atoms with Crippen LogP contribution < -0.4 is 11.1 Å². The normalized spacial score (nSPS) is 12.1. The van der Waals surface area contributed by atoms with Crippen LogP contribution in [-0.4, -0.2) is 20.5 Å². The van der Waals surface area contributed by atoms with Crippen LogP contribution >= 0.6 is 0 Å². The van der Waals surface area contributed by atoms with Gasteiger partial charge in [-0.15, -0.1) is 0 Å². The molecule has 0 radical (unpaired) electrons. The van der Waals surface area contributed by atoms with Crippen molar-refractivity contribution in [3.8, 4) is 0 Å². The molecule has 5 heteroatoms. The summed E-state index contributed by atoms with van der Waals surface area (Å²) < 4.78 is 0. The lowest BCUT2D eigenvalue weighted by Crippen LogP contribution is -2.33. The van der Waals surface area contributed by atoms with Gasteiger partial charge in [0.1, 0.15) is 12.1 Å². The van der Waals surface area contributed by atoms with Crippen molar-refractivity contribution in [2.24, 2.45) is 5.92 Å². The summed E-state index contributed by atoms with van der Waals surface area (Å²) in [4.78, 5) is 12.7. The average molecular weight is 259 g/mol. The highest BCUT2D eigenvalue weighted by Gasteiger charge is 2.20. The van der Waals surface area contributed by atoms with Crippen LogP contribution in [0.2, 0.25) is 0 Å². The molecule has 102 valence electrons. The lowest BCUT2D eigenvalue weighted by atomic mass is 9.92. The van der Waals surface area contributed by atoms with E-state index < -0.39 is 0 Å². The van der Waals surface area contributed by atoms with Gasteiger partial charge in [-0.3, -0.25) is 0 Å². The molecule has 2 rings (SSSR count). The molecule has 0 aliphatic rings. The molecule has 0 fully saturated rings. The van der Waals surface area contributed by atoms with Gasteiger partial charge in [0.2, 0.25) is 0 Å². The minimum absolute atomic E-state index is 0.0416. The molecule has 3 N–H and O–H groups in total. The third kappa shape index (κ3) is 3.30. The van der Waals surface area contributed by atoms with Crippen LogP contribution in [-0.2, 0) is 0 Å². The Morgan fingerprint density at radius 3 is 2.68 bits per heavy atom. The van der Waals surface area contributed by atoms with E-state index in [4.69, 9.17) is 5.73 Å². The van der Waals surface area contributed by atoms with Gasteiger partial charge in [-0.25, -0.2) is 15.0 Å². The third-order valence-corrected chi connectivity index (χ3v) is 2.89.